The normalized spacial score (nSPS) is 18.7. The first-order valence-corrected chi connectivity index (χ1v) is 11.0. The van der Waals surface area contributed by atoms with Gasteiger partial charge in [-0.1, -0.05) is 34.1 Å². The maximum absolute atomic E-state index is 11.6. The Hall–Kier alpha value is -0.870. The van der Waals surface area contributed by atoms with E-state index in [1.165, 1.54) is 6.92 Å². The number of amides is 3. The molecule has 0 fully saturated rings. The zero-order valence-electron chi connectivity index (χ0n) is 12.5. The van der Waals surface area contributed by atoms with Crippen molar-refractivity contribution in [2.75, 3.05) is 12.8 Å². The summed E-state index contributed by atoms with van der Waals surface area (Å²) >= 11 is 0. The Labute approximate surface area is 138 Å². The van der Waals surface area contributed by atoms with E-state index in [9.17, 15) is 18.0 Å². The Morgan fingerprint density at radius 2 is 2.05 bits per heavy atom. The fourth-order valence-electron chi connectivity index (χ4n) is 1.66. The topological polar surface area (TPSA) is 104 Å². The highest BCUT2D eigenvalue weighted by Crippen LogP contribution is 2.37. The fourth-order valence-corrected chi connectivity index (χ4v) is 4.46. The maximum Gasteiger partial charge on any atom is 0.315 e. The van der Waals surface area contributed by atoms with Gasteiger partial charge >= 0.3 is 6.03 Å². The Bertz CT molecular complexity index is 522. The van der Waals surface area contributed by atoms with Crippen LogP contribution in [-0.2, 0) is 14.8 Å². The summed E-state index contributed by atoms with van der Waals surface area (Å²) in [5.74, 6) is -0.764. The van der Waals surface area contributed by atoms with Crippen molar-refractivity contribution in [2.45, 2.75) is 37.5 Å². The van der Waals surface area contributed by atoms with Crippen molar-refractivity contribution in [3.63, 3.8) is 0 Å². The maximum atomic E-state index is 11.6. The molecule has 0 spiro atoms. The van der Waals surface area contributed by atoms with E-state index in [4.69, 9.17) is 0 Å². The molecule has 0 saturated carbocycles. The standard InChI is InChI=1S/C12H21N3O4S3/c1-9(11(16)15-22(2,18)19)14-12(17)13-7-4-3-5-10-6-8-20-21-10/h6,8-10H,3-5,7H2,1-2H3,(H,15,16)(H2,13,14,17). The molecule has 1 aliphatic rings. The van der Waals surface area contributed by atoms with E-state index in [0.29, 0.717) is 11.8 Å². The third kappa shape index (κ3) is 8.54. The van der Waals surface area contributed by atoms with Crippen LogP contribution in [0.5, 0.6) is 0 Å². The minimum Gasteiger partial charge on any atom is -0.338 e. The molecule has 2 unspecified atom stereocenters. The van der Waals surface area contributed by atoms with Gasteiger partial charge in [-0.05, 0) is 25.2 Å². The molecule has 10 heteroatoms. The van der Waals surface area contributed by atoms with Crippen LogP contribution < -0.4 is 15.4 Å². The number of unbranched alkanes of at least 4 members (excludes halogenated alkanes) is 1. The molecule has 1 rings (SSSR count). The number of sulfonamides is 1. The third-order valence-corrected chi connectivity index (χ3v) is 5.76. The van der Waals surface area contributed by atoms with E-state index in [1.54, 1.807) is 10.8 Å². The second-order valence-corrected chi connectivity index (χ2v) is 9.08. The Morgan fingerprint density at radius 1 is 1.32 bits per heavy atom. The summed E-state index contributed by atoms with van der Waals surface area (Å²) in [6, 6.07) is -1.41. The van der Waals surface area contributed by atoms with Gasteiger partial charge in [-0.25, -0.2) is 13.2 Å². The molecule has 7 nitrogen and oxygen atoms in total. The van der Waals surface area contributed by atoms with Crippen LogP contribution in [0, 0.1) is 0 Å². The summed E-state index contributed by atoms with van der Waals surface area (Å²) in [6.45, 7) is 1.93. The van der Waals surface area contributed by atoms with Crippen LogP contribution in [0.2, 0.25) is 0 Å². The van der Waals surface area contributed by atoms with Crippen LogP contribution in [0.15, 0.2) is 11.5 Å². The van der Waals surface area contributed by atoms with Gasteiger partial charge in [0.05, 0.1) is 6.26 Å². The second-order valence-electron chi connectivity index (χ2n) is 4.92. The predicted octanol–water partition coefficient (Wildman–Crippen LogP) is 1.20. The number of carbonyl (C=O) groups is 2. The summed E-state index contributed by atoms with van der Waals surface area (Å²) in [5.41, 5.74) is 0. The minimum atomic E-state index is -3.62. The molecular formula is C12H21N3O4S3. The highest BCUT2D eigenvalue weighted by molar-refractivity contribution is 8.78. The average Bonchev–Trinajstić information content (AvgIpc) is 2.89. The number of nitrogens with one attached hydrogen (secondary N) is 3. The molecule has 3 N–H and O–H groups in total. The van der Waals surface area contributed by atoms with Gasteiger partial charge in [0.2, 0.25) is 10.0 Å². The van der Waals surface area contributed by atoms with Gasteiger partial charge < -0.3 is 10.6 Å². The highest BCUT2D eigenvalue weighted by atomic mass is 33.1. The van der Waals surface area contributed by atoms with E-state index in [1.807, 2.05) is 15.5 Å². The van der Waals surface area contributed by atoms with Crippen molar-refractivity contribution in [2.24, 2.45) is 0 Å². The molecule has 0 radical (unpaired) electrons. The molecule has 0 saturated heterocycles. The van der Waals surface area contributed by atoms with Crippen LogP contribution in [0.4, 0.5) is 4.79 Å². The molecule has 2 atom stereocenters. The lowest BCUT2D eigenvalue weighted by molar-refractivity contribution is -0.120. The van der Waals surface area contributed by atoms with Crippen LogP contribution in [0.3, 0.4) is 0 Å². The van der Waals surface area contributed by atoms with Crippen LogP contribution >= 0.6 is 21.6 Å². The first-order valence-electron chi connectivity index (χ1n) is 6.83. The highest BCUT2D eigenvalue weighted by Gasteiger charge is 2.18. The molecule has 0 bridgehead atoms. The SMILES string of the molecule is CC(NC(=O)NCCCCC1C=CSS1)C(=O)NS(C)(=O)=O. The van der Waals surface area contributed by atoms with E-state index in [2.05, 4.69) is 22.1 Å². The fraction of sp³-hybridized carbons (Fsp3) is 0.667. The van der Waals surface area contributed by atoms with Crippen LogP contribution in [0.25, 0.3) is 0 Å². The largest absolute Gasteiger partial charge is 0.338 e. The van der Waals surface area contributed by atoms with Gasteiger partial charge in [-0.3, -0.25) is 9.52 Å². The van der Waals surface area contributed by atoms with E-state index in [-0.39, 0.29) is 0 Å². The van der Waals surface area contributed by atoms with Crippen molar-refractivity contribution in [3.8, 4) is 0 Å². The summed E-state index contributed by atoms with van der Waals surface area (Å²) in [6.07, 6.45) is 6.00. The molecule has 0 aliphatic carbocycles. The van der Waals surface area contributed by atoms with Crippen LogP contribution in [-0.4, -0.2) is 44.4 Å². The number of carbonyl (C=O) groups excluding carboxylic acids is 2. The van der Waals surface area contributed by atoms with Gasteiger partial charge in [0.15, 0.2) is 0 Å². The number of hydrogen-bond acceptors (Lipinski definition) is 6. The zero-order valence-corrected chi connectivity index (χ0v) is 14.9. The van der Waals surface area contributed by atoms with Crippen LogP contribution in [0.1, 0.15) is 26.2 Å². The first kappa shape index (κ1) is 19.2. The molecule has 126 valence electrons. The minimum absolute atomic E-state index is 0.484. The molecule has 0 aromatic carbocycles. The van der Waals surface area contributed by atoms with Gasteiger partial charge in [0.25, 0.3) is 5.91 Å². The molecule has 1 heterocycles. The molecule has 22 heavy (non-hydrogen) atoms. The van der Waals surface area contributed by atoms with Crippen molar-refractivity contribution in [1.29, 1.82) is 0 Å². The Balaban J connectivity index is 2.11. The summed E-state index contributed by atoms with van der Waals surface area (Å²) < 4.78 is 23.6. The van der Waals surface area contributed by atoms with Gasteiger partial charge in [0, 0.05) is 11.8 Å². The third-order valence-electron chi connectivity index (χ3n) is 2.76. The number of hydrogen-bond donors (Lipinski definition) is 3. The van der Waals surface area contributed by atoms with Crippen molar-refractivity contribution in [3.05, 3.63) is 11.5 Å². The summed E-state index contributed by atoms with van der Waals surface area (Å²) in [4.78, 5) is 23.0. The van der Waals surface area contributed by atoms with Crippen molar-refractivity contribution in [1.82, 2.24) is 15.4 Å². The lowest BCUT2D eigenvalue weighted by Gasteiger charge is -2.14. The Kier molecular flexibility index (Phi) is 8.12. The lowest BCUT2D eigenvalue weighted by atomic mass is 10.2. The van der Waals surface area contributed by atoms with E-state index in [0.717, 1.165) is 25.5 Å². The smallest absolute Gasteiger partial charge is 0.315 e. The summed E-state index contributed by atoms with van der Waals surface area (Å²) in [5, 5.41) is 7.68. The molecule has 3 amide bonds. The quantitative estimate of drug-likeness (QED) is 0.440. The molecule has 0 aromatic heterocycles. The first-order chi connectivity index (χ1) is 10.3. The van der Waals surface area contributed by atoms with Gasteiger partial charge in [-0.2, -0.15) is 0 Å². The zero-order chi connectivity index (χ0) is 16.6. The molecule has 1 aliphatic heterocycles. The van der Waals surface area contributed by atoms with E-state index < -0.39 is 28.0 Å². The van der Waals surface area contributed by atoms with E-state index >= 15 is 0 Å². The van der Waals surface area contributed by atoms with Crippen molar-refractivity contribution < 1.29 is 18.0 Å². The summed E-state index contributed by atoms with van der Waals surface area (Å²) in [7, 11) is -0.0422. The predicted molar refractivity (Wildman–Crippen MR) is 90.9 cm³/mol. The van der Waals surface area contributed by atoms with Crippen molar-refractivity contribution >= 4 is 43.5 Å². The second kappa shape index (κ2) is 9.31. The monoisotopic (exact) mass is 367 g/mol. The molecule has 0 aromatic rings. The molecular weight excluding hydrogens is 346 g/mol. The number of urea groups is 1. The van der Waals surface area contributed by atoms with Gasteiger partial charge in [-0.15, -0.1) is 0 Å². The Morgan fingerprint density at radius 3 is 2.64 bits per heavy atom. The number of rotatable bonds is 8. The van der Waals surface area contributed by atoms with Gasteiger partial charge in [0.1, 0.15) is 6.04 Å². The average molecular weight is 368 g/mol. The lowest BCUT2D eigenvalue weighted by Crippen LogP contribution is -2.49.